The first-order chi connectivity index (χ1) is 12.4. The third-order valence-electron chi connectivity index (χ3n) is 3.43. The molecule has 0 saturated heterocycles. The molecular formula is C16H15NO7S2. The van der Waals surface area contributed by atoms with Gasteiger partial charge in [0.15, 0.2) is 11.5 Å². The second kappa shape index (κ2) is 7.26. The van der Waals surface area contributed by atoms with Crippen molar-refractivity contribution in [2.24, 2.45) is 0 Å². The Labute approximate surface area is 153 Å². The number of ether oxygens (including phenoxy) is 3. The quantitative estimate of drug-likeness (QED) is 0.720. The molecule has 26 heavy (non-hydrogen) atoms. The molecule has 0 atom stereocenters. The van der Waals surface area contributed by atoms with E-state index in [1.165, 1.54) is 25.3 Å². The summed E-state index contributed by atoms with van der Waals surface area (Å²) in [5.41, 5.74) is 0.344. The van der Waals surface area contributed by atoms with E-state index in [1.54, 1.807) is 11.4 Å². The van der Waals surface area contributed by atoms with E-state index in [0.717, 1.165) is 17.4 Å². The van der Waals surface area contributed by atoms with Crippen LogP contribution in [0.3, 0.4) is 0 Å². The molecule has 138 valence electrons. The third kappa shape index (κ3) is 3.60. The van der Waals surface area contributed by atoms with Gasteiger partial charge in [0.05, 0.1) is 12.8 Å². The van der Waals surface area contributed by atoms with Crippen LogP contribution in [0.4, 0.5) is 5.69 Å². The Bertz CT molecular complexity index is 949. The van der Waals surface area contributed by atoms with Crippen molar-refractivity contribution in [3.63, 3.8) is 0 Å². The highest BCUT2D eigenvalue weighted by Gasteiger charge is 2.26. The molecule has 0 unspecified atom stereocenters. The summed E-state index contributed by atoms with van der Waals surface area (Å²) in [5, 5.41) is 10.6. The van der Waals surface area contributed by atoms with Crippen LogP contribution in [0.1, 0.15) is 5.56 Å². The van der Waals surface area contributed by atoms with E-state index in [0.29, 0.717) is 24.7 Å². The van der Waals surface area contributed by atoms with Crippen molar-refractivity contribution in [3.05, 3.63) is 35.2 Å². The van der Waals surface area contributed by atoms with Crippen LogP contribution in [-0.2, 0) is 14.8 Å². The number of benzene rings is 1. The van der Waals surface area contributed by atoms with Gasteiger partial charge < -0.3 is 19.3 Å². The van der Waals surface area contributed by atoms with Crippen LogP contribution in [0.25, 0.3) is 6.08 Å². The van der Waals surface area contributed by atoms with Gasteiger partial charge in [-0.1, -0.05) is 6.07 Å². The molecule has 0 bridgehead atoms. The summed E-state index contributed by atoms with van der Waals surface area (Å²) in [6, 6.07) is 4.54. The molecule has 10 heteroatoms. The summed E-state index contributed by atoms with van der Waals surface area (Å²) in [4.78, 5) is 10.9. The van der Waals surface area contributed by atoms with Crippen molar-refractivity contribution in [2.45, 2.75) is 4.21 Å². The fourth-order valence-electron chi connectivity index (χ4n) is 2.39. The molecule has 2 N–H and O–H groups in total. The maximum atomic E-state index is 12.6. The van der Waals surface area contributed by atoms with Gasteiger partial charge in [0, 0.05) is 17.7 Å². The lowest BCUT2D eigenvalue weighted by atomic mass is 10.1. The standard InChI is InChI=1S/C16H15NO7S2/c1-22-15-10(4-5-13(18)19)11(9-12-16(15)24-7-6-23-12)17-26(20,21)14-3-2-8-25-14/h2-5,8-9,17H,6-7H2,1H3,(H,18,19)/b5-4+. The topological polar surface area (TPSA) is 111 Å². The first kappa shape index (κ1) is 18.1. The smallest absolute Gasteiger partial charge is 0.328 e. The first-order valence-corrected chi connectivity index (χ1v) is 9.76. The molecule has 1 aromatic carbocycles. The minimum absolute atomic E-state index is 0.122. The fraction of sp³-hybridized carbons (Fsp3) is 0.188. The number of fused-ring (bicyclic) bond motifs is 1. The number of aliphatic carboxylic acids is 1. The predicted octanol–water partition coefficient (Wildman–Crippen LogP) is 2.43. The highest BCUT2D eigenvalue weighted by atomic mass is 32.2. The second-order valence-electron chi connectivity index (χ2n) is 5.10. The molecule has 1 aliphatic rings. The lowest BCUT2D eigenvalue weighted by Gasteiger charge is -2.23. The van der Waals surface area contributed by atoms with E-state index >= 15 is 0 Å². The number of methoxy groups -OCH3 is 1. The van der Waals surface area contributed by atoms with Crippen LogP contribution in [0.5, 0.6) is 17.2 Å². The van der Waals surface area contributed by atoms with E-state index in [4.69, 9.17) is 19.3 Å². The molecule has 3 rings (SSSR count). The number of hydrogen-bond acceptors (Lipinski definition) is 7. The number of thiophene rings is 1. The monoisotopic (exact) mass is 397 g/mol. The normalized spacial score (nSPS) is 13.6. The van der Waals surface area contributed by atoms with Gasteiger partial charge in [-0.05, 0) is 17.5 Å². The predicted molar refractivity (Wildman–Crippen MR) is 95.8 cm³/mol. The number of rotatable bonds is 6. The third-order valence-corrected chi connectivity index (χ3v) is 6.19. The van der Waals surface area contributed by atoms with Crippen molar-refractivity contribution in [2.75, 3.05) is 25.0 Å². The summed E-state index contributed by atoms with van der Waals surface area (Å²) in [7, 11) is -2.47. The van der Waals surface area contributed by atoms with Crippen LogP contribution in [-0.4, -0.2) is 39.8 Å². The molecule has 0 saturated carbocycles. The summed E-state index contributed by atoms with van der Waals surface area (Å²) in [6.07, 6.45) is 2.13. The van der Waals surface area contributed by atoms with E-state index in [2.05, 4.69) is 4.72 Å². The molecule has 0 amide bonds. The number of carbonyl (C=O) groups is 1. The number of carboxylic acids is 1. The van der Waals surface area contributed by atoms with Gasteiger partial charge in [0.25, 0.3) is 10.0 Å². The molecule has 1 aliphatic heterocycles. The fourth-order valence-corrected chi connectivity index (χ4v) is 4.45. The van der Waals surface area contributed by atoms with Gasteiger partial charge in [0.1, 0.15) is 17.4 Å². The summed E-state index contributed by atoms with van der Waals surface area (Å²) >= 11 is 1.06. The van der Waals surface area contributed by atoms with Crippen molar-refractivity contribution < 1.29 is 32.5 Å². The Hall–Kier alpha value is -2.72. The molecule has 0 aliphatic carbocycles. The number of hydrogen-bond donors (Lipinski definition) is 2. The minimum atomic E-state index is -3.85. The van der Waals surface area contributed by atoms with E-state index in [1.807, 2.05) is 0 Å². The minimum Gasteiger partial charge on any atom is -0.492 e. The largest absolute Gasteiger partial charge is 0.492 e. The Balaban J connectivity index is 2.14. The molecule has 0 spiro atoms. The van der Waals surface area contributed by atoms with Crippen LogP contribution < -0.4 is 18.9 Å². The van der Waals surface area contributed by atoms with Crippen molar-refractivity contribution in [1.29, 1.82) is 0 Å². The van der Waals surface area contributed by atoms with Crippen molar-refractivity contribution in [1.82, 2.24) is 0 Å². The molecule has 2 aromatic rings. The van der Waals surface area contributed by atoms with Crippen LogP contribution in [0.15, 0.2) is 33.9 Å². The summed E-state index contributed by atoms with van der Waals surface area (Å²) < 4.78 is 44.1. The number of anilines is 1. The Morgan fingerprint density at radius 1 is 1.38 bits per heavy atom. The molecule has 0 radical (unpaired) electrons. The first-order valence-electron chi connectivity index (χ1n) is 7.40. The zero-order valence-corrected chi connectivity index (χ0v) is 15.2. The van der Waals surface area contributed by atoms with E-state index < -0.39 is 16.0 Å². The van der Waals surface area contributed by atoms with Crippen LogP contribution >= 0.6 is 11.3 Å². The summed E-state index contributed by atoms with van der Waals surface area (Å²) in [6.45, 7) is 0.600. The lowest BCUT2D eigenvalue weighted by Crippen LogP contribution is -2.18. The molecule has 2 heterocycles. The Kier molecular flexibility index (Phi) is 5.05. The van der Waals surface area contributed by atoms with Gasteiger partial charge in [-0.2, -0.15) is 0 Å². The molecular weight excluding hydrogens is 382 g/mol. The highest BCUT2D eigenvalue weighted by molar-refractivity contribution is 7.94. The number of carboxylic acid groups (broad SMARTS) is 1. The zero-order chi connectivity index (χ0) is 18.7. The van der Waals surface area contributed by atoms with Gasteiger partial charge in [-0.3, -0.25) is 4.72 Å². The maximum absolute atomic E-state index is 12.6. The van der Waals surface area contributed by atoms with Gasteiger partial charge in [0.2, 0.25) is 5.75 Å². The van der Waals surface area contributed by atoms with Crippen LogP contribution in [0, 0.1) is 0 Å². The maximum Gasteiger partial charge on any atom is 0.328 e. The Morgan fingerprint density at radius 3 is 2.81 bits per heavy atom. The molecule has 0 fully saturated rings. The highest BCUT2D eigenvalue weighted by Crippen LogP contribution is 2.46. The average Bonchev–Trinajstić information content (AvgIpc) is 3.14. The average molecular weight is 397 g/mol. The Morgan fingerprint density at radius 2 is 2.15 bits per heavy atom. The molecule has 8 nitrogen and oxygen atoms in total. The second-order valence-corrected chi connectivity index (χ2v) is 7.96. The molecule has 1 aromatic heterocycles. The summed E-state index contributed by atoms with van der Waals surface area (Å²) in [5.74, 6) is -0.398. The zero-order valence-electron chi connectivity index (χ0n) is 13.6. The SMILES string of the molecule is COc1c(/C=C/C(=O)O)c(NS(=O)(=O)c2cccs2)cc2c1OCCO2. The van der Waals surface area contributed by atoms with Crippen molar-refractivity contribution in [3.8, 4) is 17.2 Å². The number of sulfonamides is 1. The van der Waals surface area contributed by atoms with Gasteiger partial charge in [-0.25, -0.2) is 13.2 Å². The van der Waals surface area contributed by atoms with Gasteiger partial charge >= 0.3 is 5.97 Å². The lowest BCUT2D eigenvalue weighted by molar-refractivity contribution is -0.131. The number of nitrogens with one attached hydrogen (secondary N) is 1. The van der Waals surface area contributed by atoms with E-state index in [-0.39, 0.29) is 21.2 Å². The van der Waals surface area contributed by atoms with Crippen molar-refractivity contribution >= 4 is 39.1 Å². The van der Waals surface area contributed by atoms with Gasteiger partial charge in [-0.15, -0.1) is 11.3 Å². The van der Waals surface area contributed by atoms with Crippen LogP contribution in [0.2, 0.25) is 0 Å². The van der Waals surface area contributed by atoms with E-state index in [9.17, 15) is 13.2 Å².